The van der Waals surface area contributed by atoms with Crippen LogP contribution in [0.25, 0.3) is 0 Å². The summed E-state index contributed by atoms with van der Waals surface area (Å²) in [6.45, 7) is 7.46. The Bertz CT molecular complexity index is 206. The summed E-state index contributed by atoms with van der Waals surface area (Å²) >= 11 is 0. The van der Waals surface area contributed by atoms with Gasteiger partial charge in [0, 0.05) is 13.2 Å². The molecule has 3 unspecified atom stereocenters. The van der Waals surface area contributed by atoms with E-state index >= 15 is 0 Å². The molecule has 0 aromatic carbocycles. The third kappa shape index (κ3) is 4.81. The summed E-state index contributed by atoms with van der Waals surface area (Å²) in [6.07, 6.45) is 4.06. The first-order valence-corrected chi connectivity index (χ1v) is 6.39. The summed E-state index contributed by atoms with van der Waals surface area (Å²) < 4.78 is 5.42. The number of ether oxygens (including phenoxy) is 1. The van der Waals surface area contributed by atoms with E-state index in [1.54, 1.807) is 7.11 Å². The van der Waals surface area contributed by atoms with Gasteiger partial charge in [0.15, 0.2) is 0 Å². The second kappa shape index (κ2) is 5.99. The van der Waals surface area contributed by atoms with Gasteiger partial charge < -0.3 is 15.2 Å². The predicted molar refractivity (Wildman–Crippen MR) is 66.5 cm³/mol. The Hall–Kier alpha value is -0.120. The number of aliphatic hydroxyl groups is 1. The standard InChI is InChI=1S/C13H27NO2/c1-10(8-13(2,3)16-4)14-9-11-5-6-12(15)7-11/h10-12,14-15H,5-9H2,1-4H3. The van der Waals surface area contributed by atoms with Crippen LogP contribution in [0.3, 0.4) is 0 Å². The Balaban J connectivity index is 2.17. The maximum atomic E-state index is 9.44. The lowest BCUT2D eigenvalue weighted by Crippen LogP contribution is -2.37. The average molecular weight is 229 g/mol. The van der Waals surface area contributed by atoms with Gasteiger partial charge in [0.2, 0.25) is 0 Å². The van der Waals surface area contributed by atoms with Gasteiger partial charge in [0.1, 0.15) is 0 Å². The predicted octanol–water partition coefficient (Wildman–Crippen LogP) is 1.94. The molecule has 0 amide bonds. The molecule has 1 aliphatic carbocycles. The van der Waals surface area contributed by atoms with Crippen LogP contribution in [0.5, 0.6) is 0 Å². The summed E-state index contributed by atoms with van der Waals surface area (Å²) in [5.41, 5.74) is -0.0540. The third-order valence-electron chi connectivity index (χ3n) is 3.62. The van der Waals surface area contributed by atoms with Crippen molar-refractivity contribution in [2.24, 2.45) is 5.92 Å². The molecule has 16 heavy (non-hydrogen) atoms. The van der Waals surface area contributed by atoms with E-state index in [1.807, 2.05) is 0 Å². The molecule has 0 bridgehead atoms. The maximum Gasteiger partial charge on any atom is 0.0637 e. The first-order valence-electron chi connectivity index (χ1n) is 6.39. The van der Waals surface area contributed by atoms with Gasteiger partial charge in [-0.3, -0.25) is 0 Å². The zero-order valence-corrected chi connectivity index (χ0v) is 11.1. The van der Waals surface area contributed by atoms with E-state index < -0.39 is 0 Å². The molecule has 0 heterocycles. The van der Waals surface area contributed by atoms with Crippen LogP contribution >= 0.6 is 0 Å². The number of rotatable bonds is 6. The molecule has 1 rings (SSSR count). The fraction of sp³-hybridized carbons (Fsp3) is 1.00. The van der Waals surface area contributed by atoms with Gasteiger partial charge in [0.05, 0.1) is 11.7 Å². The molecule has 3 atom stereocenters. The van der Waals surface area contributed by atoms with Crippen LogP contribution in [0.2, 0.25) is 0 Å². The molecule has 1 aliphatic rings. The molecular formula is C13H27NO2. The quantitative estimate of drug-likeness (QED) is 0.731. The van der Waals surface area contributed by atoms with Crippen molar-refractivity contribution in [3.05, 3.63) is 0 Å². The highest BCUT2D eigenvalue weighted by Crippen LogP contribution is 2.25. The number of hydrogen-bond acceptors (Lipinski definition) is 3. The van der Waals surface area contributed by atoms with Gasteiger partial charge in [-0.25, -0.2) is 0 Å². The van der Waals surface area contributed by atoms with Crippen molar-refractivity contribution in [3.8, 4) is 0 Å². The molecule has 2 N–H and O–H groups in total. The third-order valence-corrected chi connectivity index (χ3v) is 3.62. The zero-order valence-electron chi connectivity index (χ0n) is 11.1. The van der Waals surface area contributed by atoms with Gasteiger partial charge in [-0.2, -0.15) is 0 Å². The fourth-order valence-corrected chi connectivity index (χ4v) is 2.49. The molecule has 0 aliphatic heterocycles. The average Bonchev–Trinajstić information content (AvgIpc) is 2.61. The minimum atomic E-state index is -0.0578. The summed E-state index contributed by atoms with van der Waals surface area (Å²) in [5, 5.41) is 13.0. The molecule has 96 valence electrons. The van der Waals surface area contributed by atoms with Gasteiger partial charge in [-0.15, -0.1) is 0 Å². The van der Waals surface area contributed by atoms with E-state index in [2.05, 4.69) is 26.1 Å². The van der Waals surface area contributed by atoms with Crippen molar-refractivity contribution >= 4 is 0 Å². The van der Waals surface area contributed by atoms with E-state index in [-0.39, 0.29) is 11.7 Å². The normalized spacial score (nSPS) is 28.3. The maximum absolute atomic E-state index is 9.44. The fourth-order valence-electron chi connectivity index (χ4n) is 2.49. The van der Waals surface area contributed by atoms with E-state index in [0.717, 1.165) is 32.2 Å². The smallest absolute Gasteiger partial charge is 0.0637 e. The number of hydrogen-bond donors (Lipinski definition) is 2. The van der Waals surface area contributed by atoms with Gasteiger partial charge in [0.25, 0.3) is 0 Å². The summed E-state index contributed by atoms with van der Waals surface area (Å²) in [5.74, 6) is 0.656. The summed E-state index contributed by atoms with van der Waals surface area (Å²) in [7, 11) is 1.76. The second-order valence-electron chi connectivity index (χ2n) is 5.81. The summed E-state index contributed by atoms with van der Waals surface area (Å²) in [4.78, 5) is 0. The minimum absolute atomic E-state index is 0.0540. The van der Waals surface area contributed by atoms with Gasteiger partial charge in [-0.05, 0) is 58.9 Å². The Morgan fingerprint density at radius 3 is 2.62 bits per heavy atom. The van der Waals surface area contributed by atoms with Crippen molar-refractivity contribution in [1.82, 2.24) is 5.32 Å². The Morgan fingerprint density at radius 1 is 1.44 bits per heavy atom. The molecule has 0 spiro atoms. The lowest BCUT2D eigenvalue weighted by atomic mass is 9.99. The first kappa shape index (κ1) is 13.9. The van der Waals surface area contributed by atoms with Crippen molar-refractivity contribution < 1.29 is 9.84 Å². The molecule has 1 saturated carbocycles. The highest BCUT2D eigenvalue weighted by molar-refractivity contribution is 4.80. The lowest BCUT2D eigenvalue weighted by molar-refractivity contribution is 0.00828. The van der Waals surface area contributed by atoms with Gasteiger partial charge >= 0.3 is 0 Å². The Labute approximate surface area is 99.6 Å². The highest BCUT2D eigenvalue weighted by atomic mass is 16.5. The van der Waals surface area contributed by atoms with Crippen LogP contribution in [0.15, 0.2) is 0 Å². The van der Waals surface area contributed by atoms with Crippen LogP contribution in [0, 0.1) is 5.92 Å². The van der Waals surface area contributed by atoms with Crippen molar-refractivity contribution in [2.75, 3.05) is 13.7 Å². The van der Waals surface area contributed by atoms with Gasteiger partial charge in [-0.1, -0.05) is 0 Å². The van der Waals surface area contributed by atoms with Crippen LogP contribution in [-0.2, 0) is 4.74 Å². The van der Waals surface area contributed by atoms with Crippen molar-refractivity contribution in [1.29, 1.82) is 0 Å². The first-order chi connectivity index (χ1) is 7.43. The summed E-state index contributed by atoms with van der Waals surface area (Å²) in [6, 6.07) is 0.465. The van der Waals surface area contributed by atoms with Crippen LogP contribution in [-0.4, -0.2) is 36.5 Å². The molecule has 0 saturated heterocycles. The molecule has 1 fully saturated rings. The largest absolute Gasteiger partial charge is 0.393 e. The highest BCUT2D eigenvalue weighted by Gasteiger charge is 2.24. The van der Waals surface area contributed by atoms with Crippen LogP contribution < -0.4 is 5.32 Å². The molecular weight excluding hydrogens is 202 g/mol. The van der Waals surface area contributed by atoms with Crippen molar-refractivity contribution in [3.63, 3.8) is 0 Å². The van der Waals surface area contributed by atoms with Crippen LogP contribution in [0.4, 0.5) is 0 Å². The molecule has 0 radical (unpaired) electrons. The second-order valence-corrected chi connectivity index (χ2v) is 5.81. The number of nitrogens with one attached hydrogen (secondary N) is 1. The Morgan fingerprint density at radius 2 is 2.12 bits per heavy atom. The van der Waals surface area contributed by atoms with E-state index in [1.165, 1.54) is 0 Å². The lowest BCUT2D eigenvalue weighted by Gasteiger charge is -2.27. The molecule has 3 heteroatoms. The van der Waals surface area contributed by atoms with E-state index in [0.29, 0.717) is 12.0 Å². The topological polar surface area (TPSA) is 41.5 Å². The number of methoxy groups -OCH3 is 1. The monoisotopic (exact) mass is 229 g/mol. The SMILES string of the molecule is COC(C)(C)CC(C)NCC1CCC(O)C1. The zero-order chi connectivity index (χ0) is 12.2. The minimum Gasteiger partial charge on any atom is -0.393 e. The molecule has 3 nitrogen and oxygen atoms in total. The van der Waals surface area contributed by atoms with E-state index in [9.17, 15) is 5.11 Å². The van der Waals surface area contributed by atoms with Crippen LogP contribution in [0.1, 0.15) is 46.5 Å². The molecule has 0 aromatic heterocycles. The molecule has 0 aromatic rings. The van der Waals surface area contributed by atoms with Crippen molar-refractivity contribution in [2.45, 2.75) is 64.2 Å². The Kier molecular flexibility index (Phi) is 5.22. The number of aliphatic hydroxyl groups excluding tert-OH is 1. The van der Waals surface area contributed by atoms with E-state index in [4.69, 9.17) is 4.74 Å².